The average Bonchev–Trinajstić information content (AvgIpc) is 3.89. The quantitative estimate of drug-likeness (QED) is 0.400. The zero-order valence-corrected chi connectivity index (χ0v) is 27.0. The van der Waals surface area contributed by atoms with E-state index in [1.807, 2.05) is 4.90 Å². The number of morpholine rings is 1. The number of hydrogen-bond donors (Lipinski definition) is 1. The average molecular weight is 597 g/mol. The number of carbonyl (C=O) groups excluding carboxylic acids is 2. The molecule has 0 bridgehead atoms. The van der Waals surface area contributed by atoms with Crippen LogP contribution in [0.15, 0.2) is 0 Å². The summed E-state index contributed by atoms with van der Waals surface area (Å²) in [5.74, 6) is 3.70. The van der Waals surface area contributed by atoms with Gasteiger partial charge in [-0.3, -0.25) is 9.59 Å². The molecular formula is C36H56N2O5. The summed E-state index contributed by atoms with van der Waals surface area (Å²) in [4.78, 5) is 26.2. The molecule has 2 spiro atoms. The van der Waals surface area contributed by atoms with Gasteiger partial charge in [0.05, 0.1) is 31.5 Å². The Morgan fingerprint density at radius 1 is 0.930 bits per heavy atom. The number of carbonyl (C=O) groups is 2. The van der Waals surface area contributed by atoms with Crippen molar-refractivity contribution in [3.63, 3.8) is 0 Å². The molecule has 0 aromatic heterocycles. The number of nitrogens with zero attached hydrogens (tertiary/aromatic N) is 1. The van der Waals surface area contributed by atoms with Gasteiger partial charge < -0.3 is 24.8 Å². The summed E-state index contributed by atoms with van der Waals surface area (Å²) in [5, 5.41) is 0. The SMILES string of the molecule is CC1(C)C(OC2CN(C(=O)CC3CC3)CCO2)CC[C@]23C[C@]24CCC2(C)C5CCC(CCC(N)=O)OC5CC2C4CCC13. The fourth-order valence-corrected chi connectivity index (χ4v) is 12.9. The van der Waals surface area contributed by atoms with Crippen LogP contribution in [0.2, 0.25) is 0 Å². The molecule has 9 unspecified atom stereocenters. The number of rotatable bonds is 7. The van der Waals surface area contributed by atoms with Crippen molar-refractivity contribution in [1.82, 2.24) is 4.90 Å². The van der Waals surface area contributed by atoms with E-state index in [4.69, 9.17) is 19.9 Å². The smallest absolute Gasteiger partial charge is 0.223 e. The molecule has 8 fully saturated rings. The first-order chi connectivity index (χ1) is 20.6. The monoisotopic (exact) mass is 596 g/mol. The van der Waals surface area contributed by atoms with Crippen LogP contribution < -0.4 is 5.73 Å². The number of primary amides is 1. The second-order valence-electron chi connectivity index (χ2n) is 17.3. The molecule has 2 aliphatic heterocycles. The predicted molar refractivity (Wildman–Crippen MR) is 163 cm³/mol. The van der Waals surface area contributed by atoms with Gasteiger partial charge >= 0.3 is 0 Å². The Balaban J connectivity index is 0.943. The van der Waals surface area contributed by atoms with Crippen LogP contribution in [0, 0.1) is 51.2 Å². The minimum Gasteiger partial charge on any atom is -0.375 e. The summed E-state index contributed by atoms with van der Waals surface area (Å²) < 4.78 is 19.7. The molecule has 43 heavy (non-hydrogen) atoms. The highest BCUT2D eigenvalue weighted by Crippen LogP contribution is 2.87. The van der Waals surface area contributed by atoms with E-state index in [0.717, 1.165) is 31.1 Å². The summed E-state index contributed by atoms with van der Waals surface area (Å²) in [6, 6.07) is 0. The third-order valence-electron chi connectivity index (χ3n) is 15.2. The van der Waals surface area contributed by atoms with E-state index in [-0.39, 0.29) is 29.8 Å². The molecule has 8 aliphatic rings. The molecule has 2 amide bonds. The molecule has 0 radical (unpaired) electrons. The van der Waals surface area contributed by atoms with Crippen molar-refractivity contribution in [2.45, 2.75) is 142 Å². The molecule has 7 nitrogen and oxygen atoms in total. The molecule has 2 N–H and O–H groups in total. The van der Waals surface area contributed by atoms with Gasteiger partial charge in [-0.15, -0.1) is 0 Å². The standard InChI is InChI=1S/C36H56N2O5/c1-33(2)28-10-9-24-26-19-27-25(8-6-23(42-27)7-11-30(37)39)34(26,3)14-15-35(24)21-36(28,35)13-12-29(33)43-32-20-38(16-17-41-32)31(40)18-22-4-5-22/h22-29,32H,4-21H2,1-3H3,(H2,37,39)/t23?,24?,25?,26?,27?,28?,29?,32?,34?,35-,36+/m0/s1. The van der Waals surface area contributed by atoms with E-state index < -0.39 is 0 Å². The van der Waals surface area contributed by atoms with E-state index in [1.165, 1.54) is 64.2 Å². The molecule has 6 aliphatic carbocycles. The fourth-order valence-electron chi connectivity index (χ4n) is 12.9. The molecule has 11 atom stereocenters. The van der Waals surface area contributed by atoms with E-state index in [9.17, 15) is 9.59 Å². The van der Waals surface area contributed by atoms with Gasteiger partial charge in [0.2, 0.25) is 11.8 Å². The summed E-state index contributed by atoms with van der Waals surface area (Å²) in [5.41, 5.74) is 6.98. The number of nitrogens with two attached hydrogens (primary N) is 1. The summed E-state index contributed by atoms with van der Waals surface area (Å²) >= 11 is 0. The molecule has 2 saturated heterocycles. The van der Waals surface area contributed by atoms with Gasteiger partial charge in [0.1, 0.15) is 0 Å². The van der Waals surface area contributed by atoms with Crippen LogP contribution in [-0.2, 0) is 23.8 Å². The van der Waals surface area contributed by atoms with E-state index in [2.05, 4.69) is 20.8 Å². The third kappa shape index (κ3) is 4.51. The Morgan fingerprint density at radius 3 is 2.53 bits per heavy atom. The van der Waals surface area contributed by atoms with Gasteiger partial charge in [0.15, 0.2) is 6.29 Å². The lowest BCUT2D eigenvalue weighted by molar-refractivity contribution is -0.244. The van der Waals surface area contributed by atoms with Crippen molar-refractivity contribution in [2.75, 3.05) is 19.7 Å². The maximum Gasteiger partial charge on any atom is 0.223 e. The first kappa shape index (κ1) is 29.2. The van der Waals surface area contributed by atoms with Gasteiger partial charge in [0.25, 0.3) is 0 Å². The van der Waals surface area contributed by atoms with Crippen molar-refractivity contribution in [2.24, 2.45) is 57.0 Å². The minimum atomic E-state index is -0.288. The van der Waals surface area contributed by atoms with Crippen molar-refractivity contribution < 1.29 is 23.8 Å². The Morgan fingerprint density at radius 2 is 1.74 bits per heavy atom. The molecule has 2 heterocycles. The Bertz CT molecular complexity index is 1140. The van der Waals surface area contributed by atoms with Crippen molar-refractivity contribution >= 4 is 11.8 Å². The zero-order chi connectivity index (χ0) is 29.8. The van der Waals surface area contributed by atoms with E-state index in [1.54, 1.807) is 0 Å². The Hall–Kier alpha value is -1.18. The summed E-state index contributed by atoms with van der Waals surface area (Å²) in [7, 11) is 0. The number of hydrogen-bond acceptors (Lipinski definition) is 5. The summed E-state index contributed by atoms with van der Waals surface area (Å²) in [6.07, 6.45) is 17.7. The minimum absolute atomic E-state index is 0.109. The van der Waals surface area contributed by atoms with Crippen LogP contribution in [0.4, 0.5) is 0 Å². The van der Waals surface area contributed by atoms with Crippen LogP contribution in [0.3, 0.4) is 0 Å². The first-order valence-corrected chi connectivity index (χ1v) is 18.0. The van der Waals surface area contributed by atoms with Gasteiger partial charge in [-0.05, 0) is 135 Å². The van der Waals surface area contributed by atoms with Crippen molar-refractivity contribution in [3.05, 3.63) is 0 Å². The first-order valence-electron chi connectivity index (χ1n) is 18.0. The van der Waals surface area contributed by atoms with Crippen LogP contribution in [-0.4, -0.2) is 61.0 Å². The Labute approximate surface area is 258 Å². The van der Waals surface area contributed by atoms with Gasteiger partial charge in [-0.2, -0.15) is 0 Å². The molecule has 7 heteroatoms. The number of amides is 2. The highest BCUT2D eigenvalue weighted by molar-refractivity contribution is 5.76. The highest BCUT2D eigenvalue weighted by Gasteiger charge is 2.80. The molecule has 6 saturated carbocycles. The topological polar surface area (TPSA) is 91.1 Å². The van der Waals surface area contributed by atoms with Crippen molar-refractivity contribution in [1.29, 1.82) is 0 Å². The highest BCUT2D eigenvalue weighted by atomic mass is 16.7. The lowest BCUT2D eigenvalue weighted by Crippen LogP contribution is -2.56. The molecule has 0 aromatic carbocycles. The number of ether oxygens (including phenoxy) is 3. The normalized spacial score (nSPS) is 49.6. The lowest BCUT2D eigenvalue weighted by atomic mass is 9.46. The molecule has 8 rings (SSSR count). The molecular weight excluding hydrogens is 540 g/mol. The number of fused-ring (bicyclic) bond motifs is 4. The molecule has 0 aromatic rings. The van der Waals surface area contributed by atoms with E-state index >= 15 is 0 Å². The predicted octanol–water partition coefficient (Wildman–Crippen LogP) is 5.83. The largest absolute Gasteiger partial charge is 0.375 e. The van der Waals surface area contributed by atoms with E-state index in [0.29, 0.717) is 78.5 Å². The Kier molecular flexibility index (Phi) is 6.91. The lowest BCUT2D eigenvalue weighted by Gasteiger charge is -2.60. The zero-order valence-electron chi connectivity index (χ0n) is 27.0. The second kappa shape index (κ2) is 10.2. The maximum absolute atomic E-state index is 12.8. The second-order valence-corrected chi connectivity index (χ2v) is 17.3. The van der Waals surface area contributed by atoms with Gasteiger partial charge in [-0.1, -0.05) is 20.8 Å². The van der Waals surface area contributed by atoms with Crippen LogP contribution >= 0.6 is 0 Å². The molecule has 240 valence electrons. The van der Waals surface area contributed by atoms with Crippen LogP contribution in [0.5, 0.6) is 0 Å². The van der Waals surface area contributed by atoms with Crippen LogP contribution in [0.25, 0.3) is 0 Å². The summed E-state index contributed by atoms with van der Waals surface area (Å²) in [6.45, 7) is 9.49. The fraction of sp³-hybridized carbons (Fsp3) is 0.944. The third-order valence-corrected chi connectivity index (χ3v) is 15.2. The van der Waals surface area contributed by atoms with Gasteiger partial charge in [-0.25, -0.2) is 0 Å². The van der Waals surface area contributed by atoms with Crippen molar-refractivity contribution in [3.8, 4) is 0 Å². The van der Waals surface area contributed by atoms with Gasteiger partial charge in [0, 0.05) is 19.4 Å². The van der Waals surface area contributed by atoms with Crippen LogP contribution in [0.1, 0.15) is 117 Å². The maximum atomic E-state index is 12.8.